The van der Waals surface area contributed by atoms with Crippen LogP contribution in [0.3, 0.4) is 0 Å². The van der Waals surface area contributed by atoms with Crippen molar-refractivity contribution in [1.29, 1.82) is 0 Å². The van der Waals surface area contributed by atoms with E-state index in [9.17, 15) is 4.79 Å². The van der Waals surface area contributed by atoms with Crippen LogP contribution < -0.4 is 0 Å². The molecule has 0 aromatic heterocycles. The van der Waals surface area contributed by atoms with Crippen molar-refractivity contribution in [3.63, 3.8) is 0 Å². The molecule has 0 unspecified atom stereocenters. The van der Waals surface area contributed by atoms with Crippen molar-refractivity contribution in [3.05, 3.63) is 0 Å². The maximum atomic E-state index is 10.9. The number of carbonyl (C=O) groups is 1. The summed E-state index contributed by atoms with van der Waals surface area (Å²) in [6.45, 7) is 9.52. The van der Waals surface area contributed by atoms with Crippen molar-refractivity contribution in [1.82, 2.24) is 0 Å². The molecular weight excluding hydrogens is 200 g/mol. The Morgan fingerprint density at radius 1 is 1.19 bits per heavy atom. The van der Waals surface area contributed by atoms with Gasteiger partial charge in [0.15, 0.2) is 0 Å². The van der Waals surface area contributed by atoms with E-state index >= 15 is 0 Å². The van der Waals surface area contributed by atoms with Gasteiger partial charge in [-0.1, -0.05) is 46.0 Å². The number of carbonyl (C=O) groups excluding carboxylic acids is 1. The molecule has 0 N–H and O–H groups in total. The van der Waals surface area contributed by atoms with Crippen LogP contribution in [-0.2, 0) is 9.53 Å². The van der Waals surface area contributed by atoms with Crippen LogP contribution in [0.25, 0.3) is 0 Å². The molecule has 0 saturated heterocycles. The fourth-order valence-electron chi connectivity index (χ4n) is 2.52. The lowest BCUT2D eigenvalue weighted by Crippen LogP contribution is -2.30. The van der Waals surface area contributed by atoms with Gasteiger partial charge in [0.1, 0.15) is 5.60 Å². The third-order valence-corrected chi connectivity index (χ3v) is 2.93. The lowest BCUT2D eigenvalue weighted by Gasteiger charge is -2.31. The largest absolute Gasteiger partial charge is 0.460 e. The first-order chi connectivity index (χ1) is 7.49. The summed E-state index contributed by atoms with van der Waals surface area (Å²) < 4.78 is 5.30. The Kier molecular flexibility index (Phi) is 7.44. The molecule has 1 fully saturated rings. The summed E-state index contributed by atoms with van der Waals surface area (Å²) in [5.74, 6) is 0.601. The van der Waals surface area contributed by atoms with E-state index in [1.165, 1.54) is 39.0 Å². The lowest BCUT2D eigenvalue weighted by molar-refractivity contribution is -0.155. The molecule has 1 saturated carbocycles. The van der Waals surface area contributed by atoms with E-state index in [4.69, 9.17) is 4.74 Å². The van der Waals surface area contributed by atoms with E-state index in [1.54, 1.807) is 0 Å². The zero-order valence-electron chi connectivity index (χ0n) is 11.6. The summed E-state index contributed by atoms with van der Waals surface area (Å²) in [4.78, 5) is 10.9. The minimum absolute atomic E-state index is 0.161. The first kappa shape index (κ1) is 15.5. The summed E-state index contributed by atoms with van der Waals surface area (Å²) in [5.41, 5.74) is -0.270. The molecule has 0 heterocycles. The number of esters is 1. The molecule has 0 aliphatic heterocycles. The van der Waals surface area contributed by atoms with Crippen LogP contribution in [0.4, 0.5) is 0 Å². The van der Waals surface area contributed by atoms with Gasteiger partial charge in [-0.15, -0.1) is 0 Å². The molecule has 0 radical (unpaired) electrons. The summed E-state index contributed by atoms with van der Waals surface area (Å²) in [5, 5.41) is 0. The predicted octanol–water partition coefficient (Wildman–Crippen LogP) is 4.32. The summed E-state index contributed by atoms with van der Waals surface area (Å²) in [7, 11) is 0. The molecule has 16 heavy (non-hydrogen) atoms. The molecule has 0 aromatic carbocycles. The Hall–Kier alpha value is -0.530. The van der Waals surface area contributed by atoms with Gasteiger partial charge < -0.3 is 4.74 Å². The van der Waals surface area contributed by atoms with Crippen LogP contribution in [0.5, 0.6) is 0 Å². The number of hydrogen-bond acceptors (Lipinski definition) is 2. The first-order valence-corrected chi connectivity index (χ1v) is 6.69. The average molecular weight is 228 g/mol. The van der Waals surface area contributed by atoms with E-state index in [2.05, 4.69) is 0 Å². The van der Waals surface area contributed by atoms with E-state index in [1.807, 2.05) is 27.7 Å². The van der Waals surface area contributed by atoms with Crippen LogP contribution in [0, 0.1) is 5.92 Å². The maximum Gasteiger partial charge on any atom is 0.303 e. The molecule has 1 aliphatic carbocycles. The van der Waals surface area contributed by atoms with Crippen molar-refractivity contribution in [2.24, 2.45) is 5.92 Å². The molecule has 0 amide bonds. The highest BCUT2D eigenvalue weighted by molar-refractivity contribution is 5.66. The topological polar surface area (TPSA) is 26.3 Å². The van der Waals surface area contributed by atoms with Gasteiger partial charge in [-0.25, -0.2) is 0 Å². The maximum absolute atomic E-state index is 10.9. The molecule has 1 aliphatic rings. The average Bonchev–Trinajstić information content (AvgIpc) is 2.19. The lowest BCUT2D eigenvalue weighted by atomic mass is 9.82. The van der Waals surface area contributed by atoms with Gasteiger partial charge in [-0.05, 0) is 26.2 Å². The van der Waals surface area contributed by atoms with Crippen molar-refractivity contribution < 1.29 is 9.53 Å². The highest BCUT2D eigenvalue weighted by Crippen LogP contribution is 2.31. The zero-order valence-corrected chi connectivity index (χ0v) is 11.6. The van der Waals surface area contributed by atoms with Crippen LogP contribution in [0.2, 0.25) is 0 Å². The summed E-state index contributed by atoms with van der Waals surface area (Å²) in [6.07, 6.45) is 7.72. The quantitative estimate of drug-likeness (QED) is 0.672. The fraction of sp³-hybridized carbons (Fsp3) is 0.929. The summed E-state index contributed by atoms with van der Waals surface area (Å²) in [6, 6.07) is 0. The van der Waals surface area contributed by atoms with E-state index in [0.717, 1.165) is 12.3 Å². The molecule has 0 bridgehead atoms. The van der Waals surface area contributed by atoms with Gasteiger partial charge in [0.2, 0.25) is 0 Å². The monoisotopic (exact) mass is 228 g/mol. The normalized spacial score (nSPS) is 17.3. The first-order valence-electron chi connectivity index (χ1n) is 6.69. The molecule has 0 atom stereocenters. The minimum Gasteiger partial charge on any atom is -0.460 e. The van der Waals surface area contributed by atoms with Crippen molar-refractivity contribution >= 4 is 5.97 Å². The summed E-state index contributed by atoms with van der Waals surface area (Å²) >= 11 is 0. The second-order valence-electron chi connectivity index (χ2n) is 5.06. The highest BCUT2D eigenvalue weighted by atomic mass is 16.6. The Morgan fingerprint density at radius 2 is 1.69 bits per heavy atom. The molecule has 2 nitrogen and oxygen atoms in total. The van der Waals surface area contributed by atoms with Gasteiger partial charge in [0.05, 0.1) is 0 Å². The molecule has 0 spiro atoms. The smallest absolute Gasteiger partial charge is 0.303 e. The van der Waals surface area contributed by atoms with Gasteiger partial charge in [0, 0.05) is 6.92 Å². The highest BCUT2D eigenvalue weighted by Gasteiger charge is 2.26. The van der Waals surface area contributed by atoms with Gasteiger partial charge >= 0.3 is 5.97 Å². The van der Waals surface area contributed by atoms with Crippen molar-refractivity contribution in [3.8, 4) is 0 Å². The van der Waals surface area contributed by atoms with Gasteiger partial charge in [-0.3, -0.25) is 4.79 Å². The van der Waals surface area contributed by atoms with E-state index in [0.29, 0.717) is 0 Å². The van der Waals surface area contributed by atoms with Crippen molar-refractivity contribution in [2.45, 2.75) is 78.7 Å². The minimum atomic E-state index is -0.270. The van der Waals surface area contributed by atoms with Crippen molar-refractivity contribution in [2.75, 3.05) is 0 Å². The molecule has 2 heteroatoms. The van der Waals surface area contributed by atoms with Crippen LogP contribution in [-0.4, -0.2) is 11.6 Å². The number of hydrogen-bond donors (Lipinski definition) is 0. The third-order valence-electron chi connectivity index (χ3n) is 2.93. The Bertz CT molecular complexity index is 191. The predicted molar refractivity (Wildman–Crippen MR) is 68.4 cm³/mol. The van der Waals surface area contributed by atoms with Crippen LogP contribution >= 0.6 is 0 Å². The van der Waals surface area contributed by atoms with E-state index < -0.39 is 0 Å². The van der Waals surface area contributed by atoms with Gasteiger partial charge in [-0.2, -0.15) is 0 Å². The molecule has 1 rings (SSSR count). The molecule has 0 aromatic rings. The van der Waals surface area contributed by atoms with Gasteiger partial charge in [0.25, 0.3) is 0 Å². The second-order valence-corrected chi connectivity index (χ2v) is 5.06. The Balaban J connectivity index is 0.00000106. The zero-order chi connectivity index (χ0) is 12.6. The molecule has 96 valence electrons. The Morgan fingerprint density at radius 3 is 2.12 bits per heavy atom. The second kappa shape index (κ2) is 7.70. The number of ether oxygens (including phenoxy) is 1. The Labute approximate surface area is 101 Å². The van der Waals surface area contributed by atoms with E-state index in [-0.39, 0.29) is 11.6 Å². The number of rotatable bonds is 3. The van der Waals surface area contributed by atoms with Crippen LogP contribution in [0.15, 0.2) is 0 Å². The SMILES string of the molecule is CC.CC(=O)OC(C)(C)CC1CCCCC1. The standard InChI is InChI=1S/C12H22O2.C2H6/c1-10(13)14-12(2,3)9-11-7-5-4-6-8-11;1-2/h11H,4-9H2,1-3H3;1-2H3. The molecular formula is C14H28O2. The third kappa shape index (κ3) is 6.86. The van der Waals surface area contributed by atoms with Crippen LogP contribution in [0.1, 0.15) is 73.1 Å². The fourth-order valence-corrected chi connectivity index (χ4v) is 2.52.